The molecule has 0 saturated heterocycles. The topological polar surface area (TPSA) is 100 Å². The number of nitro benzene ring substituents is 1. The molecule has 0 aliphatic rings. The highest BCUT2D eigenvalue weighted by Crippen LogP contribution is 2.22. The first-order valence-corrected chi connectivity index (χ1v) is 8.30. The molecule has 0 heterocycles. The number of anilines is 1. The van der Waals surface area contributed by atoms with E-state index in [9.17, 15) is 10.1 Å². The third kappa shape index (κ3) is 6.68. The Balaban J connectivity index is 1.80. The van der Waals surface area contributed by atoms with Gasteiger partial charge in [-0.15, -0.1) is 0 Å². The van der Waals surface area contributed by atoms with Crippen LogP contribution >= 0.6 is 0 Å². The van der Waals surface area contributed by atoms with Crippen LogP contribution in [-0.4, -0.2) is 23.2 Å². The monoisotopic (exact) mass is 342 g/mol. The van der Waals surface area contributed by atoms with Crippen LogP contribution in [0.1, 0.15) is 25.7 Å². The second-order valence-corrected chi connectivity index (χ2v) is 5.58. The maximum absolute atomic E-state index is 10.6. The number of aliphatic hydroxyl groups excluding tert-OH is 1. The van der Waals surface area contributed by atoms with Crippen LogP contribution in [0.2, 0.25) is 0 Å². The second kappa shape index (κ2) is 10.1. The van der Waals surface area contributed by atoms with Gasteiger partial charge in [-0.2, -0.15) is 10.2 Å². The summed E-state index contributed by atoms with van der Waals surface area (Å²) >= 11 is 0. The minimum atomic E-state index is -0.445. The number of unbranched alkanes of at least 4 members (excludes halogenated alkanes) is 3. The first-order chi connectivity index (χ1) is 12.2. The molecular formula is C18H22N4O3. The van der Waals surface area contributed by atoms with E-state index in [1.165, 1.54) is 12.1 Å². The van der Waals surface area contributed by atoms with Gasteiger partial charge in [-0.1, -0.05) is 12.8 Å². The molecule has 7 nitrogen and oxygen atoms in total. The van der Waals surface area contributed by atoms with Crippen LogP contribution in [0.3, 0.4) is 0 Å². The molecule has 0 aromatic heterocycles. The van der Waals surface area contributed by atoms with E-state index in [-0.39, 0.29) is 12.3 Å². The Hall–Kier alpha value is -2.80. The lowest BCUT2D eigenvalue weighted by Crippen LogP contribution is -2.01. The summed E-state index contributed by atoms with van der Waals surface area (Å²) in [5.41, 5.74) is 2.34. The molecule has 2 aromatic carbocycles. The van der Waals surface area contributed by atoms with Gasteiger partial charge < -0.3 is 10.4 Å². The predicted molar refractivity (Wildman–Crippen MR) is 97.8 cm³/mol. The average Bonchev–Trinajstić information content (AvgIpc) is 2.64. The quantitative estimate of drug-likeness (QED) is 0.275. The van der Waals surface area contributed by atoms with Gasteiger partial charge in [-0.05, 0) is 49.2 Å². The lowest BCUT2D eigenvalue weighted by molar-refractivity contribution is -0.384. The molecular weight excluding hydrogens is 320 g/mol. The van der Waals surface area contributed by atoms with Crippen molar-refractivity contribution in [2.75, 3.05) is 18.5 Å². The molecule has 132 valence electrons. The van der Waals surface area contributed by atoms with Crippen molar-refractivity contribution in [3.8, 4) is 0 Å². The van der Waals surface area contributed by atoms with Crippen molar-refractivity contribution >= 4 is 22.7 Å². The van der Waals surface area contributed by atoms with Gasteiger partial charge in [0.25, 0.3) is 5.69 Å². The third-order valence-electron chi connectivity index (χ3n) is 3.62. The van der Waals surface area contributed by atoms with Gasteiger partial charge in [0.2, 0.25) is 0 Å². The fraction of sp³-hybridized carbons (Fsp3) is 0.333. The summed E-state index contributed by atoms with van der Waals surface area (Å²) < 4.78 is 0. The van der Waals surface area contributed by atoms with E-state index in [0.29, 0.717) is 11.4 Å². The van der Waals surface area contributed by atoms with E-state index in [1.54, 1.807) is 12.1 Å². The molecule has 0 bridgehead atoms. The zero-order valence-corrected chi connectivity index (χ0v) is 14.0. The highest BCUT2D eigenvalue weighted by molar-refractivity contribution is 5.51. The highest BCUT2D eigenvalue weighted by Gasteiger charge is 2.03. The molecule has 0 atom stereocenters. The van der Waals surface area contributed by atoms with E-state index < -0.39 is 4.92 Å². The van der Waals surface area contributed by atoms with Crippen molar-refractivity contribution in [3.63, 3.8) is 0 Å². The number of hydrogen-bond acceptors (Lipinski definition) is 6. The molecule has 0 saturated carbocycles. The van der Waals surface area contributed by atoms with Crippen LogP contribution in [0.5, 0.6) is 0 Å². The Labute approximate surface area is 146 Å². The minimum Gasteiger partial charge on any atom is -0.396 e. The van der Waals surface area contributed by atoms with E-state index in [4.69, 9.17) is 5.11 Å². The van der Waals surface area contributed by atoms with Crippen molar-refractivity contribution in [1.82, 2.24) is 0 Å². The molecule has 0 fully saturated rings. The number of nitrogens with zero attached hydrogens (tertiary/aromatic N) is 3. The fourth-order valence-corrected chi connectivity index (χ4v) is 2.23. The van der Waals surface area contributed by atoms with Gasteiger partial charge in [0, 0.05) is 31.0 Å². The van der Waals surface area contributed by atoms with Gasteiger partial charge in [0.05, 0.1) is 16.3 Å². The van der Waals surface area contributed by atoms with E-state index in [0.717, 1.165) is 37.9 Å². The van der Waals surface area contributed by atoms with Gasteiger partial charge in [0.1, 0.15) is 0 Å². The summed E-state index contributed by atoms with van der Waals surface area (Å²) in [6.45, 7) is 1.17. The molecule has 0 aliphatic carbocycles. The summed E-state index contributed by atoms with van der Waals surface area (Å²) in [5.74, 6) is 0. The van der Waals surface area contributed by atoms with Crippen molar-refractivity contribution in [2.45, 2.75) is 25.7 Å². The Morgan fingerprint density at radius 1 is 0.880 bits per heavy atom. The number of nitro groups is 1. The minimum absolute atomic E-state index is 0.0331. The molecule has 0 radical (unpaired) electrons. The predicted octanol–water partition coefficient (Wildman–Crippen LogP) is 4.97. The third-order valence-corrected chi connectivity index (χ3v) is 3.62. The summed E-state index contributed by atoms with van der Waals surface area (Å²) in [4.78, 5) is 10.2. The smallest absolute Gasteiger partial charge is 0.269 e. The van der Waals surface area contributed by atoms with Crippen LogP contribution in [0.4, 0.5) is 22.7 Å². The molecule has 7 heteroatoms. The average molecular weight is 342 g/mol. The number of benzene rings is 2. The fourth-order valence-electron chi connectivity index (χ4n) is 2.23. The number of non-ortho nitro benzene ring substituents is 1. The van der Waals surface area contributed by atoms with Crippen molar-refractivity contribution in [2.24, 2.45) is 10.2 Å². The van der Waals surface area contributed by atoms with Crippen molar-refractivity contribution < 1.29 is 10.0 Å². The largest absolute Gasteiger partial charge is 0.396 e. The van der Waals surface area contributed by atoms with E-state index >= 15 is 0 Å². The van der Waals surface area contributed by atoms with Crippen molar-refractivity contribution in [1.29, 1.82) is 0 Å². The number of nitrogens with one attached hydrogen (secondary N) is 1. The van der Waals surface area contributed by atoms with Crippen LogP contribution in [-0.2, 0) is 0 Å². The lowest BCUT2D eigenvalue weighted by atomic mass is 10.2. The maximum Gasteiger partial charge on any atom is 0.269 e. The summed E-state index contributed by atoms with van der Waals surface area (Å²) in [6, 6.07) is 13.5. The number of aliphatic hydroxyl groups is 1. The normalized spacial score (nSPS) is 10.9. The van der Waals surface area contributed by atoms with Crippen molar-refractivity contribution in [3.05, 3.63) is 58.6 Å². The molecule has 0 unspecified atom stereocenters. The molecule has 0 amide bonds. The molecule has 2 rings (SSSR count). The zero-order chi connectivity index (χ0) is 17.9. The first kappa shape index (κ1) is 18.5. The Kier molecular flexibility index (Phi) is 7.52. The van der Waals surface area contributed by atoms with E-state index in [1.807, 2.05) is 24.3 Å². The SMILES string of the molecule is O=[N+]([O-])c1ccc(N=Nc2ccc(NCCCCCCO)cc2)cc1. The molecule has 2 N–H and O–H groups in total. The summed E-state index contributed by atoms with van der Waals surface area (Å²) in [5, 5.41) is 30.9. The summed E-state index contributed by atoms with van der Waals surface area (Å²) in [7, 11) is 0. The molecule has 2 aromatic rings. The molecule has 0 spiro atoms. The highest BCUT2D eigenvalue weighted by atomic mass is 16.6. The van der Waals surface area contributed by atoms with Crippen LogP contribution in [0, 0.1) is 10.1 Å². The second-order valence-electron chi connectivity index (χ2n) is 5.58. The molecule has 25 heavy (non-hydrogen) atoms. The molecule has 0 aliphatic heterocycles. The Morgan fingerprint density at radius 2 is 1.44 bits per heavy atom. The Morgan fingerprint density at radius 3 is 2.00 bits per heavy atom. The van der Waals surface area contributed by atoms with Gasteiger partial charge >= 0.3 is 0 Å². The number of rotatable bonds is 10. The summed E-state index contributed by atoms with van der Waals surface area (Å²) in [6.07, 6.45) is 4.10. The Bertz CT molecular complexity index is 684. The zero-order valence-electron chi connectivity index (χ0n) is 14.0. The van der Waals surface area contributed by atoms with E-state index in [2.05, 4.69) is 15.5 Å². The standard InChI is InChI=1S/C18H22N4O3/c23-14-4-2-1-3-13-19-15-5-7-16(8-6-15)20-21-17-9-11-18(12-10-17)22(24)25/h5-12,19,23H,1-4,13-14H2. The lowest BCUT2D eigenvalue weighted by Gasteiger charge is -2.06. The number of azo groups is 1. The van der Waals surface area contributed by atoms with Crippen LogP contribution < -0.4 is 5.32 Å². The van der Waals surface area contributed by atoms with Gasteiger partial charge in [-0.3, -0.25) is 10.1 Å². The van der Waals surface area contributed by atoms with Crippen LogP contribution in [0.25, 0.3) is 0 Å². The first-order valence-electron chi connectivity index (χ1n) is 8.30. The van der Waals surface area contributed by atoms with Gasteiger partial charge in [-0.25, -0.2) is 0 Å². The van der Waals surface area contributed by atoms with Crippen LogP contribution in [0.15, 0.2) is 58.8 Å². The maximum atomic E-state index is 10.6. The van der Waals surface area contributed by atoms with Gasteiger partial charge in [0.15, 0.2) is 0 Å². The number of hydrogen-bond donors (Lipinski definition) is 2.